The van der Waals surface area contributed by atoms with Crippen molar-refractivity contribution in [3.05, 3.63) is 56.9 Å². The van der Waals surface area contributed by atoms with Gasteiger partial charge in [0, 0.05) is 37.6 Å². The van der Waals surface area contributed by atoms with E-state index in [1.807, 2.05) is 5.32 Å². The molecule has 2 aliphatic heterocycles. The number of rotatable bonds is 5. The van der Waals surface area contributed by atoms with Gasteiger partial charge in [0.15, 0.2) is 22.7 Å². The largest absolute Gasteiger partial charge is 0.442 e. The van der Waals surface area contributed by atoms with Crippen molar-refractivity contribution in [1.82, 2.24) is 24.6 Å². The summed E-state index contributed by atoms with van der Waals surface area (Å²) in [5.74, 6) is -3.56. The maximum absolute atomic E-state index is 15.2. The summed E-state index contributed by atoms with van der Waals surface area (Å²) in [4.78, 5) is 59.1. The first kappa shape index (κ1) is 25.2. The zero-order chi connectivity index (χ0) is 27.1. The SMILES string of the molecule is O=C(NC[C@H]1CN(c2cc(F)c(N3CCn4c(=O)c5nccnc5c(=O)n4CC3)c(F)c2)C(=O)O1)C(F)F. The summed E-state index contributed by atoms with van der Waals surface area (Å²) < 4.78 is 62.4. The molecule has 3 aromatic rings. The Kier molecular flexibility index (Phi) is 6.46. The van der Waals surface area contributed by atoms with Crippen molar-refractivity contribution in [3.8, 4) is 0 Å². The molecule has 2 amide bonds. The molecule has 38 heavy (non-hydrogen) atoms. The first-order valence-corrected chi connectivity index (χ1v) is 11.4. The van der Waals surface area contributed by atoms with Crippen molar-refractivity contribution in [2.45, 2.75) is 25.6 Å². The number of cyclic esters (lactones) is 1. The molecule has 0 radical (unpaired) electrons. The third-order valence-corrected chi connectivity index (χ3v) is 6.23. The maximum Gasteiger partial charge on any atom is 0.414 e. The van der Waals surface area contributed by atoms with Crippen LogP contribution >= 0.6 is 0 Å². The van der Waals surface area contributed by atoms with Crippen LogP contribution in [0.4, 0.5) is 33.7 Å². The molecule has 1 N–H and O–H groups in total. The zero-order valence-corrected chi connectivity index (χ0v) is 19.4. The number of anilines is 2. The highest BCUT2D eigenvalue weighted by Gasteiger charge is 2.34. The topological polar surface area (TPSA) is 132 Å². The number of ether oxygens (including phenoxy) is 1. The average Bonchev–Trinajstić information content (AvgIpc) is 3.12. The number of benzene rings is 1. The highest BCUT2D eigenvalue weighted by Crippen LogP contribution is 2.31. The van der Waals surface area contributed by atoms with Gasteiger partial charge in [-0.05, 0) is 0 Å². The van der Waals surface area contributed by atoms with Crippen LogP contribution in [0.3, 0.4) is 0 Å². The summed E-state index contributed by atoms with van der Waals surface area (Å²) in [5, 5.41) is 1.92. The highest BCUT2D eigenvalue weighted by molar-refractivity contribution is 5.90. The van der Waals surface area contributed by atoms with E-state index in [1.54, 1.807) is 0 Å². The molecule has 1 aromatic carbocycles. The highest BCUT2D eigenvalue weighted by atomic mass is 19.3. The molecule has 0 unspecified atom stereocenters. The maximum atomic E-state index is 15.2. The number of halogens is 4. The monoisotopic (exact) mass is 537 g/mol. The van der Waals surface area contributed by atoms with Gasteiger partial charge in [0.25, 0.3) is 17.0 Å². The lowest BCUT2D eigenvalue weighted by molar-refractivity contribution is -0.132. The van der Waals surface area contributed by atoms with Crippen LogP contribution in [0.15, 0.2) is 34.1 Å². The van der Waals surface area contributed by atoms with Gasteiger partial charge in [-0.1, -0.05) is 0 Å². The third kappa shape index (κ3) is 4.41. The van der Waals surface area contributed by atoms with Gasteiger partial charge in [0.1, 0.15) is 11.8 Å². The second kappa shape index (κ2) is 9.75. The molecule has 0 aliphatic carbocycles. The molecule has 1 atom stereocenters. The molecule has 2 aromatic heterocycles. The summed E-state index contributed by atoms with van der Waals surface area (Å²) in [5.41, 5.74) is -1.92. The summed E-state index contributed by atoms with van der Waals surface area (Å²) in [6, 6.07) is 1.83. The average molecular weight is 537 g/mol. The van der Waals surface area contributed by atoms with E-state index >= 15 is 8.78 Å². The second-order valence-corrected chi connectivity index (χ2v) is 8.52. The van der Waals surface area contributed by atoms with E-state index in [0.29, 0.717) is 0 Å². The lowest BCUT2D eigenvalue weighted by Crippen LogP contribution is -2.39. The standard InChI is InChI=1S/C22H19F4N7O5/c23-13-7-11(31-10-12(38-22(31)37)9-29-19(34)18(25)26)8-14(24)17(13)30-3-5-32-20(35)15-16(28-2-1-27-15)21(36)33(32)6-4-30/h1-2,7-8,12,18H,3-6,9-10H2,(H,29,34)/t12-/m0/s1. The number of nitrogens with zero attached hydrogens (tertiary/aromatic N) is 6. The van der Waals surface area contributed by atoms with Crippen LogP contribution in [-0.4, -0.2) is 70.0 Å². The predicted molar refractivity (Wildman–Crippen MR) is 123 cm³/mol. The summed E-state index contributed by atoms with van der Waals surface area (Å²) in [6.07, 6.45) is -2.64. The molecule has 16 heteroatoms. The van der Waals surface area contributed by atoms with E-state index in [1.165, 1.54) is 17.3 Å². The van der Waals surface area contributed by atoms with Crippen LogP contribution in [0.5, 0.6) is 0 Å². The van der Waals surface area contributed by atoms with Crippen LogP contribution in [-0.2, 0) is 22.6 Å². The van der Waals surface area contributed by atoms with Gasteiger partial charge < -0.3 is 15.0 Å². The minimum absolute atomic E-state index is 0.0179. The fourth-order valence-electron chi connectivity index (χ4n) is 4.47. The lowest BCUT2D eigenvalue weighted by Gasteiger charge is -2.24. The molecular formula is C22H19F4N7O5. The molecule has 5 rings (SSSR count). The summed E-state index contributed by atoms with van der Waals surface area (Å²) >= 11 is 0. The van der Waals surface area contributed by atoms with Gasteiger partial charge in [0.05, 0.1) is 31.9 Å². The Bertz CT molecular complexity index is 1480. The zero-order valence-electron chi connectivity index (χ0n) is 19.4. The molecule has 200 valence electrons. The van der Waals surface area contributed by atoms with Gasteiger partial charge in [-0.15, -0.1) is 0 Å². The first-order valence-electron chi connectivity index (χ1n) is 11.4. The third-order valence-electron chi connectivity index (χ3n) is 6.23. The number of alkyl halides is 2. The molecular weight excluding hydrogens is 518 g/mol. The number of carbonyl (C=O) groups is 2. The van der Waals surface area contributed by atoms with E-state index in [-0.39, 0.29) is 49.4 Å². The molecule has 4 heterocycles. The molecule has 0 saturated carbocycles. The van der Waals surface area contributed by atoms with Gasteiger partial charge in [-0.25, -0.2) is 32.9 Å². The predicted octanol–water partition coefficient (Wildman–Crippen LogP) is 0.458. The van der Waals surface area contributed by atoms with E-state index in [0.717, 1.165) is 26.4 Å². The fourth-order valence-corrected chi connectivity index (χ4v) is 4.47. The number of hydrogen-bond donors (Lipinski definition) is 1. The molecule has 2 aliphatic rings. The molecule has 0 spiro atoms. The quantitative estimate of drug-likeness (QED) is 0.465. The fraction of sp³-hybridized carbons (Fsp3) is 0.364. The van der Waals surface area contributed by atoms with Gasteiger partial charge >= 0.3 is 12.5 Å². The van der Waals surface area contributed by atoms with Crippen molar-refractivity contribution in [2.24, 2.45) is 0 Å². The number of nitrogens with one attached hydrogen (secondary N) is 1. The van der Waals surface area contributed by atoms with Crippen LogP contribution < -0.4 is 26.2 Å². The number of aromatic nitrogens is 4. The Hall–Kier alpha value is -4.50. The second-order valence-electron chi connectivity index (χ2n) is 8.52. The van der Waals surface area contributed by atoms with Crippen molar-refractivity contribution in [2.75, 3.05) is 36.0 Å². The summed E-state index contributed by atoms with van der Waals surface area (Å²) in [7, 11) is 0. The van der Waals surface area contributed by atoms with Crippen molar-refractivity contribution >= 4 is 34.4 Å². The van der Waals surface area contributed by atoms with E-state index < -0.39 is 59.5 Å². The normalized spacial score (nSPS) is 17.5. The Morgan fingerprint density at radius 3 is 2.05 bits per heavy atom. The molecule has 1 fully saturated rings. The number of fused-ring (bicyclic) bond motifs is 2. The van der Waals surface area contributed by atoms with Crippen LogP contribution in [0, 0.1) is 11.6 Å². The Balaban J connectivity index is 1.36. The number of carbonyl (C=O) groups excluding carboxylic acids is 2. The van der Waals surface area contributed by atoms with Crippen molar-refractivity contribution < 1.29 is 31.9 Å². The molecule has 1 saturated heterocycles. The minimum Gasteiger partial charge on any atom is -0.442 e. The van der Waals surface area contributed by atoms with Crippen molar-refractivity contribution in [1.29, 1.82) is 0 Å². The van der Waals surface area contributed by atoms with Crippen LogP contribution in [0.1, 0.15) is 0 Å². The van der Waals surface area contributed by atoms with Gasteiger partial charge in [-0.2, -0.15) is 8.78 Å². The number of hydrogen-bond acceptors (Lipinski definition) is 8. The molecule has 0 bridgehead atoms. The Morgan fingerprint density at radius 1 is 0.974 bits per heavy atom. The first-order chi connectivity index (χ1) is 18.2. The van der Waals surface area contributed by atoms with Crippen LogP contribution in [0.2, 0.25) is 0 Å². The van der Waals surface area contributed by atoms with Gasteiger partial charge in [0.2, 0.25) is 0 Å². The molecule has 12 nitrogen and oxygen atoms in total. The van der Waals surface area contributed by atoms with E-state index in [4.69, 9.17) is 4.74 Å². The number of amides is 2. The smallest absolute Gasteiger partial charge is 0.414 e. The van der Waals surface area contributed by atoms with Gasteiger partial charge in [-0.3, -0.25) is 19.3 Å². The Labute approximate surface area is 210 Å². The van der Waals surface area contributed by atoms with E-state index in [2.05, 4.69) is 9.97 Å². The van der Waals surface area contributed by atoms with Crippen LogP contribution in [0.25, 0.3) is 11.0 Å². The lowest BCUT2D eigenvalue weighted by atomic mass is 10.2. The van der Waals surface area contributed by atoms with E-state index in [9.17, 15) is 28.0 Å². The Morgan fingerprint density at radius 2 is 1.53 bits per heavy atom. The summed E-state index contributed by atoms with van der Waals surface area (Å²) in [6.45, 7) is -0.800. The van der Waals surface area contributed by atoms with Crippen molar-refractivity contribution in [3.63, 3.8) is 0 Å². The minimum atomic E-state index is -3.24.